The van der Waals surface area contributed by atoms with Gasteiger partial charge in [-0.3, -0.25) is 4.79 Å². The van der Waals surface area contributed by atoms with Crippen LogP contribution >= 0.6 is 0 Å². The zero-order chi connectivity index (χ0) is 18.0. The van der Waals surface area contributed by atoms with Gasteiger partial charge in [0.2, 0.25) is 0 Å². The number of benzene rings is 2. The molecule has 2 aromatic carbocycles. The van der Waals surface area contributed by atoms with Gasteiger partial charge in [0, 0.05) is 32.0 Å². The van der Waals surface area contributed by atoms with Crippen molar-refractivity contribution in [1.29, 1.82) is 0 Å². The van der Waals surface area contributed by atoms with Crippen LogP contribution < -0.4 is 4.74 Å². The van der Waals surface area contributed by atoms with Crippen molar-refractivity contribution in [2.45, 2.75) is 18.9 Å². The van der Waals surface area contributed by atoms with E-state index in [2.05, 4.69) is 0 Å². The van der Waals surface area contributed by atoms with Gasteiger partial charge in [0.25, 0.3) is 5.91 Å². The van der Waals surface area contributed by atoms with Crippen molar-refractivity contribution in [2.75, 3.05) is 13.1 Å². The first-order valence-corrected chi connectivity index (χ1v) is 7.87. The molecule has 3 rings (SSSR count). The van der Waals surface area contributed by atoms with Crippen molar-refractivity contribution in [1.82, 2.24) is 4.90 Å². The molecule has 0 unspecified atom stereocenters. The number of carbonyl (C=O) groups excluding carboxylic acids is 1. The normalized spacial score (nSPS) is 15.2. The number of nitrogens with zero attached hydrogens (tertiary/aromatic N) is 1. The highest BCUT2D eigenvalue weighted by Crippen LogP contribution is 2.30. The van der Waals surface area contributed by atoms with E-state index >= 15 is 0 Å². The number of hydrogen-bond acceptors (Lipinski definition) is 4. The third-order valence-corrected chi connectivity index (χ3v) is 4.16. The number of carbonyl (C=O) groups is 1. The fourth-order valence-electron chi connectivity index (χ4n) is 2.80. The van der Waals surface area contributed by atoms with E-state index in [0.29, 0.717) is 25.9 Å². The molecular weight excluding hydrogens is 332 g/mol. The Balaban J connectivity index is 1.61. The highest BCUT2D eigenvalue weighted by molar-refractivity contribution is 5.97. The van der Waals surface area contributed by atoms with Crippen LogP contribution in [0.3, 0.4) is 0 Å². The zero-order valence-corrected chi connectivity index (χ0v) is 13.3. The number of halogens is 2. The number of amides is 1. The minimum absolute atomic E-state index is 0.0168. The molecule has 2 aromatic rings. The molecule has 0 aliphatic carbocycles. The van der Waals surface area contributed by atoms with Crippen LogP contribution in [0.15, 0.2) is 36.4 Å². The Labute approximate surface area is 143 Å². The van der Waals surface area contributed by atoms with Crippen LogP contribution in [0.25, 0.3) is 0 Å². The molecule has 1 amide bonds. The molecule has 0 spiro atoms. The summed E-state index contributed by atoms with van der Waals surface area (Å²) in [5.74, 6) is -2.63. The maximum absolute atomic E-state index is 13.6. The Morgan fingerprint density at radius 1 is 1.12 bits per heavy atom. The van der Waals surface area contributed by atoms with Gasteiger partial charge in [0.15, 0.2) is 23.1 Å². The Morgan fingerprint density at radius 2 is 1.84 bits per heavy atom. The number of aromatic hydroxyl groups is 2. The predicted octanol–water partition coefficient (Wildman–Crippen LogP) is 3.06. The van der Waals surface area contributed by atoms with Crippen molar-refractivity contribution in [2.24, 2.45) is 0 Å². The third-order valence-electron chi connectivity index (χ3n) is 4.16. The van der Waals surface area contributed by atoms with E-state index in [-0.39, 0.29) is 29.1 Å². The van der Waals surface area contributed by atoms with Gasteiger partial charge < -0.3 is 19.8 Å². The topological polar surface area (TPSA) is 70.0 Å². The standard InChI is InChI=1S/C18H17F2NO4/c19-11-4-5-16(14(20)10-11)25-12-6-8-21(9-7-12)18(24)13-2-1-3-15(22)17(13)23/h1-5,10,12,22-23H,6-9H2. The molecule has 1 heterocycles. The van der Waals surface area contributed by atoms with Gasteiger partial charge >= 0.3 is 0 Å². The van der Waals surface area contributed by atoms with Crippen LogP contribution in [-0.4, -0.2) is 40.2 Å². The molecule has 5 nitrogen and oxygen atoms in total. The summed E-state index contributed by atoms with van der Waals surface area (Å²) in [6.45, 7) is 0.725. The Hall–Kier alpha value is -2.83. The summed E-state index contributed by atoms with van der Waals surface area (Å²) in [5.41, 5.74) is 0.0314. The highest BCUT2D eigenvalue weighted by atomic mass is 19.1. The average Bonchev–Trinajstić information content (AvgIpc) is 2.60. The number of ether oxygens (including phenoxy) is 1. The summed E-state index contributed by atoms with van der Waals surface area (Å²) in [6.07, 6.45) is 0.659. The monoisotopic (exact) mass is 349 g/mol. The van der Waals surface area contributed by atoms with Gasteiger partial charge in [-0.25, -0.2) is 8.78 Å². The number of rotatable bonds is 3. The average molecular weight is 349 g/mol. The maximum Gasteiger partial charge on any atom is 0.257 e. The summed E-state index contributed by atoms with van der Waals surface area (Å²) in [4.78, 5) is 14.0. The summed E-state index contributed by atoms with van der Waals surface area (Å²) < 4.78 is 32.1. The molecule has 2 N–H and O–H groups in total. The molecule has 0 aromatic heterocycles. The Kier molecular flexibility index (Phi) is 4.74. The molecule has 0 bridgehead atoms. The van der Waals surface area contributed by atoms with Gasteiger partial charge in [-0.15, -0.1) is 0 Å². The van der Waals surface area contributed by atoms with E-state index in [1.165, 1.54) is 29.2 Å². The lowest BCUT2D eigenvalue weighted by Crippen LogP contribution is -2.41. The van der Waals surface area contributed by atoms with Crippen LogP contribution in [0.2, 0.25) is 0 Å². The van der Waals surface area contributed by atoms with E-state index in [4.69, 9.17) is 4.74 Å². The molecule has 0 radical (unpaired) electrons. The molecule has 1 saturated heterocycles. The van der Waals surface area contributed by atoms with E-state index in [1.54, 1.807) is 0 Å². The number of para-hydroxylation sites is 1. The van der Waals surface area contributed by atoms with Gasteiger partial charge in [-0.2, -0.15) is 0 Å². The number of likely N-dealkylation sites (tertiary alicyclic amines) is 1. The summed E-state index contributed by atoms with van der Waals surface area (Å²) >= 11 is 0. The minimum atomic E-state index is -0.761. The SMILES string of the molecule is O=C(c1cccc(O)c1O)N1CCC(Oc2ccc(F)cc2F)CC1. The zero-order valence-electron chi connectivity index (χ0n) is 13.3. The van der Waals surface area contributed by atoms with E-state index < -0.39 is 17.4 Å². The predicted molar refractivity (Wildman–Crippen MR) is 85.7 cm³/mol. The molecule has 0 atom stereocenters. The second-order valence-electron chi connectivity index (χ2n) is 5.86. The van der Waals surface area contributed by atoms with Crippen molar-refractivity contribution < 1.29 is 28.5 Å². The molecule has 1 aliphatic heterocycles. The van der Waals surface area contributed by atoms with E-state index in [0.717, 1.165) is 12.1 Å². The van der Waals surface area contributed by atoms with E-state index in [1.807, 2.05) is 0 Å². The lowest BCUT2D eigenvalue weighted by atomic mass is 10.1. The summed E-state index contributed by atoms with van der Waals surface area (Å²) in [6, 6.07) is 7.35. The van der Waals surface area contributed by atoms with Gasteiger partial charge in [0.1, 0.15) is 11.9 Å². The van der Waals surface area contributed by atoms with Gasteiger partial charge in [-0.05, 0) is 24.3 Å². The molecule has 132 valence electrons. The lowest BCUT2D eigenvalue weighted by molar-refractivity contribution is 0.0585. The van der Waals surface area contributed by atoms with Crippen LogP contribution in [0, 0.1) is 11.6 Å². The van der Waals surface area contributed by atoms with Crippen molar-refractivity contribution in [3.8, 4) is 17.2 Å². The fraction of sp³-hybridized carbons (Fsp3) is 0.278. The molecule has 1 aliphatic rings. The van der Waals surface area contributed by atoms with Crippen LogP contribution in [0.5, 0.6) is 17.2 Å². The smallest absolute Gasteiger partial charge is 0.257 e. The number of phenols is 2. The van der Waals surface area contributed by atoms with Crippen LogP contribution in [0.1, 0.15) is 23.2 Å². The summed E-state index contributed by atoms with van der Waals surface area (Å²) in [5, 5.41) is 19.3. The first-order valence-electron chi connectivity index (χ1n) is 7.87. The lowest BCUT2D eigenvalue weighted by Gasteiger charge is -2.32. The Morgan fingerprint density at radius 3 is 2.52 bits per heavy atom. The Bertz CT molecular complexity index is 789. The van der Waals surface area contributed by atoms with Gasteiger partial charge in [-0.1, -0.05) is 6.07 Å². The maximum atomic E-state index is 13.6. The minimum Gasteiger partial charge on any atom is -0.504 e. The van der Waals surface area contributed by atoms with Crippen LogP contribution in [-0.2, 0) is 0 Å². The van der Waals surface area contributed by atoms with Crippen molar-refractivity contribution in [3.63, 3.8) is 0 Å². The molecule has 1 fully saturated rings. The second kappa shape index (κ2) is 6.96. The molecule has 0 saturated carbocycles. The van der Waals surface area contributed by atoms with Crippen molar-refractivity contribution in [3.05, 3.63) is 53.6 Å². The second-order valence-corrected chi connectivity index (χ2v) is 5.86. The van der Waals surface area contributed by atoms with E-state index in [9.17, 15) is 23.8 Å². The fourth-order valence-corrected chi connectivity index (χ4v) is 2.80. The quantitative estimate of drug-likeness (QED) is 0.836. The number of phenolic OH excluding ortho intramolecular Hbond substituents is 2. The highest BCUT2D eigenvalue weighted by Gasteiger charge is 2.27. The third kappa shape index (κ3) is 3.65. The molecule has 25 heavy (non-hydrogen) atoms. The van der Waals surface area contributed by atoms with Crippen LogP contribution in [0.4, 0.5) is 8.78 Å². The summed E-state index contributed by atoms with van der Waals surface area (Å²) in [7, 11) is 0. The first kappa shape index (κ1) is 17.0. The van der Waals surface area contributed by atoms with Crippen molar-refractivity contribution >= 4 is 5.91 Å². The largest absolute Gasteiger partial charge is 0.504 e. The number of hydrogen-bond donors (Lipinski definition) is 2. The first-order chi connectivity index (χ1) is 12.0. The molecule has 7 heteroatoms. The number of piperidine rings is 1. The molecular formula is C18H17F2NO4. The van der Waals surface area contributed by atoms with Gasteiger partial charge in [0.05, 0.1) is 5.56 Å².